The summed E-state index contributed by atoms with van der Waals surface area (Å²) in [6, 6.07) is 0. The van der Waals surface area contributed by atoms with Crippen molar-refractivity contribution < 1.29 is 15.3 Å². The summed E-state index contributed by atoms with van der Waals surface area (Å²) in [6.07, 6.45) is 12.6. The van der Waals surface area contributed by atoms with Gasteiger partial charge >= 0.3 is 0 Å². The van der Waals surface area contributed by atoms with Crippen LogP contribution < -0.4 is 0 Å². The van der Waals surface area contributed by atoms with Crippen LogP contribution in [0, 0.1) is 29.1 Å². The van der Waals surface area contributed by atoms with Crippen molar-refractivity contribution in [1.82, 2.24) is 0 Å². The second-order valence-corrected chi connectivity index (χ2v) is 11.9. The fraction of sp³-hybridized carbons (Fsp3) is 0.786. The van der Waals surface area contributed by atoms with Crippen LogP contribution in [-0.4, -0.2) is 33.1 Å². The van der Waals surface area contributed by atoms with Crippen LogP contribution in [0.2, 0.25) is 0 Å². The molecule has 0 amide bonds. The maximum atomic E-state index is 10.2. The van der Waals surface area contributed by atoms with Crippen molar-refractivity contribution in [3.8, 4) is 0 Å². The van der Waals surface area contributed by atoms with Gasteiger partial charge in [-0.3, -0.25) is 0 Å². The van der Waals surface area contributed by atoms with E-state index in [1.54, 1.807) is 5.57 Å². The highest BCUT2D eigenvalue weighted by atomic mass is 16.3. The summed E-state index contributed by atoms with van der Waals surface area (Å²) < 4.78 is 0. The van der Waals surface area contributed by atoms with Crippen LogP contribution in [-0.2, 0) is 0 Å². The van der Waals surface area contributed by atoms with Crippen LogP contribution in [0.25, 0.3) is 0 Å². The summed E-state index contributed by atoms with van der Waals surface area (Å²) in [7, 11) is 0. The standard InChI is InChI=1S/C28H46O3/c1-18-13-15-28(6)24(19(2)8-7-14-27(4,5)31)11-12-25(28)23(18)10-9-21-16-22(29)17-26(30)20(21)3/h9-10,18-19,22,24-26,29-31H,3,7-8,11-17H2,1-2,4-6H3/b21-9-,23-10+/t18-,19-,22-,24-,25+,26+,28-/m1/s1. The van der Waals surface area contributed by atoms with Crippen molar-refractivity contribution in [2.24, 2.45) is 29.1 Å². The first-order valence-electron chi connectivity index (χ1n) is 12.6. The number of aliphatic hydroxyl groups is 3. The molecule has 31 heavy (non-hydrogen) atoms. The molecule has 0 radical (unpaired) electrons. The van der Waals surface area contributed by atoms with Gasteiger partial charge in [0.25, 0.3) is 0 Å². The monoisotopic (exact) mass is 430 g/mol. The minimum absolute atomic E-state index is 0.355. The highest BCUT2D eigenvalue weighted by Gasteiger charge is 2.51. The van der Waals surface area contributed by atoms with E-state index in [9.17, 15) is 15.3 Å². The van der Waals surface area contributed by atoms with Gasteiger partial charge in [0, 0.05) is 6.42 Å². The number of aliphatic hydroxyl groups excluding tert-OH is 2. The Labute approximate surface area is 190 Å². The van der Waals surface area contributed by atoms with Gasteiger partial charge in [-0.15, -0.1) is 0 Å². The Morgan fingerprint density at radius 2 is 1.90 bits per heavy atom. The van der Waals surface area contributed by atoms with Crippen LogP contribution in [0.4, 0.5) is 0 Å². The maximum Gasteiger partial charge on any atom is 0.0811 e. The highest BCUT2D eigenvalue weighted by Crippen LogP contribution is 2.61. The zero-order valence-corrected chi connectivity index (χ0v) is 20.5. The van der Waals surface area contributed by atoms with Crippen molar-refractivity contribution in [1.29, 1.82) is 0 Å². The molecule has 3 heteroatoms. The summed E-state index contributed by atoms with van der Waals surface area (Å²) in [5.74, 6) is 2.65. The Hall–Kier alpha value is -0.900. The predicted octanol–water partition coefficient (Wildman–Crippen LogP) is 5.95. The molecular weight excluding hydrogens is 384 g/mol. The molecule has 0 heterocycles. The molecule has 176 valence electrons. The van der Waals surface area contributed by atoms with Crippen LogP contribution >= 0.6 is 0 Å². The minimum atomic E-state index is -0.622. The summed E-state index contributed by atoms with van der Waals surface area (Å²) in [6.45, 7) is 15.2. The molecule has 0 saturated heterocycles. The first kappa shape index (κ1) is 24.7. The molecule has 0 bridgehead atoms. The fourth-order valence-electron chi connectivity index (χ4n) is 6.94. The third-order valence-corrected chi connectivity index (χ3v) is 8.87. The Balaban J connectivity index is 1.75. The molecule has 3 nitrogen and oxygen atoms in total. The van der Waals surface area contributed by atoms with Gasteiger partial charge in [-0.05, 0) is 92.6 Å². The highest BCUT2D eigenvalue weighted by molar-refractivity contribution is 5.39. The van der Waals surface area contributed by atoms with Crippen molar-refractivity contribution in [3.63, 3.8) is 0 Å². The number of allylic oxidation sites excluding steroid dienone is 3. The molecule has 3 aliphatic rings. The van der Waals surface area contributed by atoms with Crippen LogP contribution in [0.3, 0.4) is 0 Å². The summed E-state index contributed by atoms with van der Waals surface area (Å²) in [4.78, 5) is 0. The van der Waals surface area contributed by atoms with Crippen molar-refractivity contribution in [2.75, 3.05) is 0 Å². The van der Waals surface area contributed by atoms with E-state index in [-0.39, 0.29) is 0 Å². The normalized spacial score (nSPS) is 40.4. The minimum Gasteiger partial charge on any atom is -0.393 e. The van der Waals surface area contributed by atoms with E-state index < -0.39 is 17.8 Å². The Bertz CT molecular complexity index is 712. The van der Waals surface area contributed by atoms with Crippen LogP contribution in [0.5, 0.6) is 0 Å². The van der Waals surface area contributed by atoms with Crippen LogP contribution in [0.1, 0.15) is 92.4 Å². The topological polar surface area (TPSA) is 60.7 Å². The molecule has 0 aromatic heterocycles. The van der Waals surface area contributed by atoms with E-state index in [2.05, 4.69) is 39.5 Å². The predicted molar refractivity (Wildman–Crippen MR) is 129 cm³/mol. The van der Waals surface area contributed by atoms with Gasteiger partial charge in [0.05, 0.1) is 17.8 Å². The van der Waals surface area contributed by atoms with E-state index in [1.807, 2.05) is 13.8 Å². The molecular formula is C28H46O3. The molecule has 3 N–H and O–H groups in total. The molecule has 3 fully saturated rings. The number of hydrogen-bond donors (Lipinski definition) is 3. The Morgan fingerprint density at radius 3 is 2.58 bits per heavy atom. The molecule has 0 spiro atoms. The van der Waals surface area contributed by atoms with E-state index in [1.165, 1.54) is 32.1 Å². The molecule has 3 aliphatic carbocycles. The zero-order chi connectivity index (χ0) is 23.0. The molecule has 7 atom stereocenters. The first-order valence-corrected chi connectivity index (χ1v) is 12.6. The lowest BCUT2D eigenvalue weighted by molar-refractivity contribution is 0.0573. The van der Waals surface area contributed by atoms with Crippen LogP contribution in [0.15, 0.2) is 35.5 Å². The van der Waals surface area contributed by atoms with Gasteiger partial charge in [0.1, 0.15) is 0 Å². The SMILES string of the molecule is C=C1/C(=C\C=C2/[C@H](C)CC[C@]3(C)[C@@H]([C@H](C)CCCC(C)(C)O)CC[C@@H]23)C[C@@H](O)C[C@@H]1O. The molecule has 3 rings (SSSR count). The van der Waals surface area contributed by atoms with Crippen molar-refractivity contribution >= 4 is 0 Å². The summed E-state index contributed by atoms with van der Waals surface area (Å²) in [5, 5.41) is 30.3. The smallest absolute Gasteiger partial charge is 0.0811 e. The van der Waals surface area contributed by atoms with Crippen molar-refractivity contribution in [2.45, 2.75) is 110 Å². The molecule has 0 aromatic rings. The molecule has 0 aliphatic heterocycles. The summed E-state index contributed by atoms with van der Waals surface area (Å²) >= 11 is 0. The van der Waals surface area contributed by atoms with E-state index in [0.717, 1.165) is 29.9 Å². The average Bonchev–Trinajstić information content (AvgIpc) is 3.01. The van der Waals surface area contributed by atoms with Gasteiger partial charge in [0.2, 0.25) is 0 Å². The maximum absolute atomic E-state index is 10.2. The Morgan fingerprint density at radius 1 is 1.19 bits per heavy atom. The van der Waals surface area contributed by atoms with Gasteiger partial charge in [-0.2, -0.15) is 0 Å². The second kappa shape index (κ2) is 9.53. The van der Waals surface area contributed by atoms with E-state index >= 15 is 0 Å². The quantitative estimate of drug-likeness (QED) is 0.488. The van der Waals surface area contributed by atoms with Crippen molar-refractivity contribution in [3.05, 3.63) is 35.5 Å². The van der Waals surface area contributed by atoms with E-state index in [0.29, 0.717) is 36.0 Å². The summed E-state index contributed by atoms with van der Waals surface area (Å²) in [5.41, 5.74) is 3.14. The fourth-order valence-corrected chi connectivity index (χ4v) is 6.94. The molecule has 0 aromatic carbocycles. The third-order valence-electron chi connectivity index (χ3n) is 8.87. The largest absolute Gasteiger partial charge is 0.393 e. The number of rotatable bonds is 6. The van der Waals surface area contributed by atoms with Gasteiger partial charge < -0.3 is 15.3 Å². The van der Waals surface area contributed by atoms with Gasteiger partial charge in [-0.25, -0.2) is 0 Å². The lowest BCUT2D eigenvalue weighted by atomic mass is 9.58. The average molecular weight is 431 g/mol. The number of hydrogen-bond acceptors (Lipinski definition) is 3. The lowest BCUT2D eigenvalue weighted by Crippen LogP contribution is -2.38. The lowest BCUT2D eigenvalue weighted by Gasteiger charge is -2.46. The first-order chi connectivity index (χ1) is 14.4. The zero-order valence-electron chi connectivity index (χ0n) is 20.5. The third kappa shape index (κ3) is 5.54. The van der Waals surface area contributed by atoms with E-state index in [4.69, 9.17) is 0 Å². The second-order valence-electron chi connectivity index (χ2n) is 11.9. The van der Waals surface area contributed by atoms with Gasteiger partial charge in [-0.1, -0.05) is 57.9 Å². The van der Waals surface area contributed by atoms with Gasteiger partial charge in [0.15, 0.2) is 0 Å². The molecule has 0 unspecified atom stereocenters. The number of fused-ring (bicyclic) bond motifs is 1. The Kier molecular flexibility index (Phi) is 7.61. The molecule has 3 saturated carbocycles.